The second-order valence-corrected chi connectivity index (χ2v) is 6.68. The van der Waals surface area contributed by atoms with E-state index in [4.69, 9.17) is 5.73 Å². The number of thiazole rings is 1. The third-order valence-electron chi connectivity index (χ3n) is 4.12. The van der Waals surface area contributed by atoms with Gasteiger partial charge >= 0.3 is 5.97 Å². The molecule has 1 saturated carbocycles. The van der Waals surface area contributed by atoms with Crippen molar-refractivity contribution in [3.05, 3.63) is 10.6 Å². The van der Waals surface area contributed by atoms with Gasteiger partial charge in [0.05, 0.1) is 11.1 Å². The lowest BCUT2D eigenvalue weighted by atomic mass is 9.80. The molecule has 0 saturated heterocycles. The number of anilines is 1. The minimum Gasteiger partial charge on any atom is -0.481 e. The van der Waals surface area contributed by atoms with Crippen molar-refractivity contribution in [1.82, 2.24) is 10.3 Å². The van der Waals surface area contributed by atoms with Crippen molar-refractivity contribution in [3.8, 4) is 0 Å². The van der Waals surface area contributed by atoms with Gasteiger partial charge in [-0.15, -0.1) is 0 Å². The number of carbonyl (C=O) groups excluding carboxylic acids is 1. The summed E-state index contributed by atoms with van der Waals surface area (Å²) in [7, 11) is 0. The molecule has 0 radical (unpaired) electrons. The molecule has 1 aliphatic rings. The van der Waals surface area contributed by atoms with E-state index < -0.39 is 11.4 Å². The summed E-state index contributed by atoms with van der Waals surface area (Å²) in [5, 5.41) is 12.7. The predicted octanol–water partition coefficient (Wildman–Crippen LogP) is 2.19. The molecule has 1 heterocycles. The fourth-order valence-electron chi connectivity index (χ4n) is 2.83. The summed E-state index contributed by atoms with van der Waals surface area (Å²) >= 11 is 1.13. The standard InChI is InChI=1S/C14H21N3O3S/c1-9-10(21-13(15)17-9)11(18)16-8-14(12(19)20)6-4-2-3-5-7-14/h2-8H2,1H3,(H2,15,17)(H,16,18)(H,19,20). The molecule has 6 nitrogen and oxygen atoms in total. The molecule has 4 N–H and O–H groups in total. The molecule has 116 valence electrons. The van der Waals surface area contributed by atoms with Crippen LogP contribution in [-0.4, -0.2) is 28.5 Å². The smallest absolute Gasteiger partial charge is 0.311 e. The molecule has 1 aromatic rings. The minimum atomic E-state index is -0.837. The maximum absolute atomic E-state index is 12.2. The normalized spacial score (nSPS) is 18.0. The number of carboxylic acids is 1. The average Bonchev–Trinajstić information content (AvgIpc) is 2.65. The largest absolute Gasteiger partial charge is 0.481 e. The molecule has 1 aliphatic carbocycles. The molecular weight excluding hydrogens is 290 g/mol. The zero-order valence-electron chi connectivity index (χ0n) is 12.1. The van der Waals surface area contributed by atoms with Crippen molar-refractivity contribution >= 4 is 28.3 Å². The number of carboxylic acid groups (broad SMARTS) is 1. The van der Waals surface area contributed by atoms with Crippen molar-refractivity contribution in [2.75, 3.05) is 12.3 Å². The molecule has 0 aromatic carbocycles. The molecule has 0 atom stereocenters. The molecule has 0 spiro atoms. The van der Waals surface area contributed by atoms with Crippen LogP contribution in [0.3, 0.4) is 0 Å². The first-order valence-corrected chi connectivity index (χ1v) is 8.01. The number of aromatic nitrogens is 1. The van der Waals surface area contributed by atoms with Gasteiger partial charge in [-0.2, -0.15) is 0 Å². The Bertz CT molecular complexity index is 534. The number of carbonyl (C=O) groups is 2. The van der Waals surface area contributed by atoms with Gasteiger partial charge in [-0.05, 0) is 19.8 Å². The first-order chi connectivity index (χ1) is 9.94. The third kappa shape index (κ3) is 3.53. The third-order valence-corrected chi connectivity index (χ3v) is 5.11. The predicted molar refractivity (Wildman–Crippen MR) is 81.4 cm³/mol. The molecule has 0 unspecified atom stereocenters. The zero-order valence-corrected chi connectivity index (χ0v) is 13.0. The molecule has 7 heteroatoms. The second-order valence-electron chi connectivity index (χ2n) is 5.65. The van der Waals surface area contributed by atoms with Crippen molar-refractivity contribution in [3.63, 3.8) is 0 Å². The Morgan fingerprint density at radius 2 is 1.95 bits per heavy atom. The molecule has 1 amide bonds. The van der Waals surface area contributed by atoms with Crippen LogP contribution >= 0.6 is 11.3 Å². The minimum absolute atomic E-state index is 0.165. The van der Waals surface area contributed by atoms with E-state index in [1.54, 1.807) is 6.92 Å². The number of aliphatic carboxylic acids is 1. The van der Waals surface area contributed by atoms with Crippen LogP contribution in [0.5, 0.6) is 0 Å². The topological polar surface area (TPSA) is 105 Å². The van der Waals surface area contributed by atoms with Gasteiger partial charge in [-0.25, -0.2) is 4.98 Å². The van der Waals surface area contributed by atoms with Crippen molar-refractivity contribution in [1.29, 1.82) is 0 Å². The maximum atomic E-state index is 12.2. The number of rotatable bonds is 4. The van der Waals surface area contributed by atoms with Gasteiger partial charge in [0.15, 0.2) is 5.13 Å². The molecule has 1 aromatic heterocycles. The van der Waals surface area contributed by atoms with E-state index in [9.17, 15) is 14.7 Å². The van der Waals surface area contributed by atoms with E-state index in [-0.39, 0.29) is 12.5 Å². The number of nitrogen functional groups attached to an aromatic ring is 1. The molecule has 2 rings (SSSR count). The van der Waals surface area contributed by atoms with Crippen molar-refractivity contribution in [2.45, 2.75) is 45.4 Å². The molecule has 0 bridgehead atoms. The summed E-state index contributed by atoms with van der Waals surface area (Å²) in [4.78, 5) is 28.3. The fourth-order valence-corrected chi connectivity index (χ4v) is 3.58. The summed E-state index contributed by atoms with van der Waals surface area (Å²) in [5.41, 5.74) is 5.33. The van der Waals surface area contributed by atoms with Crippen LogP contribution in [0.2, 0.25) is 0 Å². The van der Waals surface area contributed by atoms with Gasteiger partial charge in [0.25, 0.3) is 5.91 Å². The van der Waals surface area contributed by atoms with E-state index in [2.05, 4.69) is 10.3 Å². The second kappa shape index (κ2) is 6.43. The van der Waals surface area contributed by atoms with Gasteiger partial charge in [-0.1, -0.05) is 37.0 Å². The Morgan fingerprint density at radius 1 is 1.33 bits per heavy atom. The molecule has 1 fully saturated rings. The SMILES string of the molecule is Cc1nc(N)sc1C(=O)NCC1(C(=O)O)CCCCCC1. The highest BCUT2D eigenvalue weighted by Crippen LogP contribution is 2.35. The van der Waals surface area contributed by atoms with Crippen LogP contribution in [0.15, 0.2) is 0 Å². The van der Waals surface area contributed by atoms with Gasteiger partial charge < -0.3 is 16.2 Å². The Morgan fingerprint density at radius 3 is 2.43 bits per heavy atom. The summed E-state index contributed by atoms with van der Waals surface area (Å²) < 4.78 is 0. The van der Waals surface area contributed by atoms with Gasteiger partial charge in [0, 0.05) is 6.54 Å². The number of hydrogen-bond donors (Lipinski definition) is 3. The highest BCUT2D eigenvalue weighted by Gasteiger charge is 2.39. The molecule has 21 heavy (non-hydrogen) atoms. The first kappa shape index (κ1) is 15.8. The monoisotopic (exact) mass is 311 g/mol. The number of hydrogen-bond acceptors (Lipinski definition) is 5. The number of nitrogens with one attached hydrogen (secondary N) is 1. The summed E-state index contributed by atoms with van der Waals surface area (Å²) in [6, 6.07) is 0. The van der Waals surface area contributed by atoms with Crippen molar-refractivity contribution in [2.24, 2.45) is 5.41 Å². The Labute approximate surface area is 127 Å². The summed E-state index contributed by atoms with van der Waals surface area (Å²) in [6.45, 7) is 1.89. The van der Waals surface area contributed by atoms with E-state index in [0.29, 0.717) is 28.5 Å². The lowest BCUT2D eigenvalue weighted by Crippen LogP contribution is -2.42. The quantitative estimate of drug-likeness (QED) is 0.739. The summed E-state index contributed by atoms with van der Waals surface area (Å²) in [5.74, 6) is -1.10. The Balaban J connectivity index is 2.06. The lowest BCUT2D eigenvalue weighted by Gasteiger charge is -2.28. The van der Waals surface area contributed by atoms with Gasteiger partial charge in [-0.3, -0.25) is 9.59 Å². The number of nitrogens with two attached hydrogens (primary N) is 1. The Kier molecular flexibility index (Phi) is 4.82. The van der Waals surface area contributed by atoms with Crippen LogP contribution in [0, 0.1) is 12.3 Å². The van der Waals surface area contributed by atoms with Crippen LogP contribution in [0.4, 0.5) is 5.13 Å². The van der Waals surface area contributed by atoms with Crippen LogP contribution in [0.25, 0.3) is 0 Å². The van der Waals surface area contributed by atoms with Gasteiger partial charge in [0.2, 0.25) is 0 Å². The van der Waals surface area contributed by atoms with Crippen LogP contribution < -0.4 is 11.1 Å². The van der Waals surface area contributed by atoms with E-state index in [0.717, 1.165) is 37.0 Å². The highest BCUT2D eigenvalue weighted by molar-refractivity contribution is 7.17. The van der Waals surface area contributed by atoms with E-state index in [1.807, 2.05) is 0 Å². The fraction of sp³-hybridized carbons (Fsp3) is 0.643. The first-order valence-electron chi connectivity index (χ1n) is 7.19. The zero-order chi connectivity index (χ0) is 15.5. The highest BCUT2D eigenvalue weighted by atomic mass is 32.1. The summed E-state index contributed by atoms with van der Waals surface area (Å²) in [6.07, 6.45) is 5.16. The van der Waals surface area contributed by atoms with Crippen molar-refractivity contribution < 1.29 is 14.7 Å². The Hall–Kier alpha value is -1.63. The molecular formula is C14H21N3O3S. The lowest BCUT2D eigenvalue weighted by molar-refractivity contribution is -0.149. The van der Waals surface area contributed by atoms with E-state index in [1.165, 1.54) is 0 Å². The number of aryl methyl sites for hydroxylation is 1. The average molecular weight is 311 g/mol. The van der Waals surface area contributed by atoms with Crippen LogP contribution in [-0.2, 0) is 4.79 Å². The van der Waals surface area contributed by atoms with Crippen LogP contribution in [0.1, 0.15) is 53.9 Å². The van der Waals surface area contributed by atoms with E-state index >= 15 is 0 Å². The maximum Gasteiger partial charge on any atom is 0.311 e. The number of amides is 1. The number of nitrogens with zero attached hydrogens (tertiary/aromatic N) is 1. The molecule has 0 aliphatic heterocycles. The van der Waals surface area contributed by atoms with Gasteiger partial charge in [0.1, 0.15) is 4.88 Å².